The summed E-state index contributed by atoms with van der Waals surface area (Å²) in [7, 11) is -3.78. The fourth-order valence-electron chi connectivity index (χ4n) is 4.04. The Labute approximate surface area is 234 Å². The van der Waals surface area contributed by atoms with Crippen LogP contribution in [0.3, 0.4) is 0 Å². The number of amides is 2. The molecule has 1 saturated heterocycles. The first-order chi connectivity index (χ1) is 19.1. The second-order valence-corrected chi connectivity index (χ2v) is 10.9. The van der Waals surface area contributed by atoms with Crippen molar-refractivity contribution in [1.29, 1.82) is 0 Å². The number of nitrogens with one attached hydrogen (secondary N) is 1. The predicted octanol–water partition coefficient (Wildman–Crippen LogP) is 1.78. The highest BCUT2D eigenvalue weighted by molar-refractivity contribution is 7.89. The molecule has 13 heteroatoms. The molecule has 1 fully saturated rings. The van der Waals surface area contributed by atoms with Crippen LogP contribution in [0.1, 0.15) is 30.9 Å². The zero-order valence-electron chi connectivity index (χ0n) is 22.6. The van der Waals surface area contributed by atoms with E-state index in [-0.39, 0.29) is 63.1 Å². The van der Waals surface area contributed by atoms with E-state index in [1.807, 2.05) is 37.3 Å². The predicted molar refractivity (Wildman–Crippen MR) is 148 cm³/mol. The van der Waals surface area contributed by atoms with Crippen LogP contribution in [0, 0.1) is 6.92 Å². The Bertz CT molecular complexity index is 1300. The lowest BCUT2D eigenvalue weighted by atomic mass is 10.1. The van der Waals surface area contributed by atoms with Crippen LogP contribution in [0.2, 0.25) is 0 Å². The minimum absolute atomic E-state index is 0.0361. The van der Waals surface area contributed by atoms with Crippen molar-refractivity contribution in [3.63, 3.8) is 0 Å². The van der Waals surface area contributed by atoms with Gasteiger partial charge in [0.1, 0.15) is 25.9 Å². The van der Waals surface area contributed by atoms with Gasteiger partial charge in [-0.15, -0.1) is 0 Å². The topological polar surface area (TPSA) is 161 Å². The molecule has 1 aliphatic rings. The molecule has 40 heavy (non-hydrogen) atoms. The number of ether oxygens (including phenoxy) is 2. The maximum absolute atomic E-state index is 13.3. The monoisotopic (exact) mass is 573 g/mol. The fraction of sp³-hybridized carbons (Fsp3) is 0.407. The summed E-state index contributed by atoms with van der Waals surface area (Å²) in [4.78, 5) is 45.1. The third kappa shape index (κ3) is 8.78. The summed E-state index contributed by atoms with van der Waals surface area (Å²) in [6, 6.07) is 14.5. The SMILES string of the molecule is CCOC(=O)CN1CCN(C(=O)OCc2ccccc2)[C@@H](CCC(N)=NCNS(=O)(=O)c2ccc(C)cc2)C1=O. The molecule has 216 valence electrons. The van der Waals surface area contributed by atoms with Crippen LogP contribution >= 0.6 is 0 Å². The van der Waals surface area contributed by atoms with Crippen LogP contribution in [0.25, 0.3) is 0 Å². The van der Waals surface area contributed by atoms with Crippen molar-refractivity contribution < 1.29 is 32.3 Å². The van der Waals surface area contributed by atoms with Gasteiger partial charge in [-0.2, -0.15) is 4.72 Å². The summed E-state index contributed by atoms with van der Waals surface area (Å²) in [5.74, 6) is -0.889. The van der Waals surface area contributed by atoms with Crippen molar-refractivity contribution in [2.45, 2.75) is 44.2 Å². The lowest BCUT2D eigenvalue weighted by Gasteiger charge is -2.39. The van der Waals surface area contributed by atoms with Gasteiger partial charge in [-0.25, -0.2) is 13.2 Å². The van der Waals surface area contributed by atoms with Crippen molar-refractivity contribution in [3.8, 4) is 0 Å². The summed E-state index contributed by atoms with van der Waals surface area (Å²) in [6.07, 6.45) is -0.476. The number of rotatable bonds is 12. The molecule has 2 aromatic carbocycles. The Morgan fingerprint density at radius 2 is 1.77 bits per heavy atom. The number of nitrogens with two attached hydrogens (primary N) is 1. The number of hydrogen-bond donors (Lipinski definition) is 2. The maximum Gasteiger partial charge on any atom is 0.410 e. The average Bonchev–Trinajstić information content (AvgIpc) is 2.93. The largest absolute Gasteiger partial charge is 0.465 e. The van der Waals surface area contributed by atoms with Gasteiger partial charge in [0.15, 0.2) is 0 Å². The molecule has 1 aliphatic heterocycles. The first-order valence-corrected chi connectivity index (χ1v) is 14.4. The van der Waals surface area contributed by atoms with Gasteiger partial charge < -0.3 is 20.1 Å². The molecule has 0 saturated carbocycles. The summed E-state index contributed by atoms with van der Waals surface area (Å²) in [6.45, 7) is 3.50. The molecule has 12 nitrogen and oxygen atoms in total. The molecule has 0 aliphatic carbocycles. The van der Waals surface area contributed by atoms with Gasteiger partial charge in [-0.05, 0) is 38.0 Å². The minimum Gasteiger partial charge on any atom is -0.465 e. The second-order valence-electron chi connectivity index (χ2n) is 9.12. The number of carbonyl (C=O) groups is 3. The van der Waals surface area contributed by atoms with E-state index in [2.05, 4.69) is 9.71 Å². The summed E-state index contributed by atoms with van der Waals surface area (Å²) < 4.78 is 37.7. The van der Waals surface area contributed by atoms with Gasteiger partial charge >= 0.3 is 12.1 Å². The highest BCUT2D eigenvalue weighted by Gasteiger charge is 2.39. The molecular weight excluding hydrogens is 538 g/mol. The van der Waals surface area contributed by atoms with E-state index in [0.717, 1.165) is 11.1 Å². The third-order valence-electron chi connectivity index (χ3n) is 6.19. The van der Waals surface area contributed by atoms with Gasteiger partial charge in [0.25, 0.3) is 0 Å². The molecule has 0 spiro atoms. The van der Waals surface area contributed by atoms with Crippen molar-refractivity contribution >= 4 is 33.8 Å². The van der Waals surface area contributed by atoms with Crippen LogP contribution in [0.5, 0.6) is 0 Å². The number of piperazine rings is 1. The highest BCUT2D eigenvalue weighted by atomic mass is 32.2. The molecular formula is C27H35N5O7S. The third-order valence-corrected chi connectivity index (χ3v) is 7.59. The van der Waals surface area contributed by atoms with E-state index >= 15 is 0 Å². The van der Waals surface area contributed by atoms with E-state index in [1.165, 1.54) is 21.9 Å². The molecule has 1 heterocycles. The standard InChI is InChI=1S/C27H35N5O7S/c1-3-38-25(33)17-31-15-16-32(27(35)39-18-21-7-5-4-6-8-21)23(26(31)34)13-14-24(28)29-19-30-40(36,37)22-11-9-20(2)10-12-22/h4-12,23,30H,3,13-19H2,1-2H3,(H2,28,29)/t23-/m0/s1. The fourth-order valence-corrected chi connectivity index (χ4v) is 4.94. The van der Waals surface area contributed by atoms with E-state index < -0.39 is 34.0 Å². The average molecular weight is 574 g/mol. The zero-order valence-corrected chi connectivity index (χ0v) is 23.4. The Balaban J connectivity index is 1.64. The van der Waals surface area contributed by atoms with Crippen molar-refractivity contribution in [1.82, 2.24) is 14.5 Å². The first kappa shape index (κ1) is 30.6. The van der Waals surface area contributed by atoms with Gasteiger partial charge in [-0.3, -0.25) is 19.5 Å². The van der Waals surface area contributed by atoms with Gasteiger partial charge in [0, 0.05) is 19.5 Å². The van der Waals surface area contributed by atoms with Crippen LogP contribution in [0.4, 0.5) is 4.79 Å². The number of carbonyl (C=O) groups excluding carboxylic acids is 3. The Morgan fingerprint density at radius 3 is 2.45 bits per heavy atom. The van der Waals surface area contributed by atoms with Crippen LogP contribution in [-0.2, 0) is 35.7 Å². The number of aryl methyl sites for hydroxylation is 1. The Hall–Kier alpha value is -3.97. The van der Waals surface area contributed by atoms with Crippen LogP contribution in [0.15, 0.2) is 64.5 Å². The normalized spacial score (nSPS) is 16.1. The number of hydrogen-bond acceptors (Lipinski definition) is 8. The van der Waals surface area contributed by atoms with E-state index in [9.17, 15) is 22.8 Å². The Morgan fingerprint density at radius 1 is 1.07 bits per heavy atom. The summed E-state index contributed by atoms with van der Waals surface area (Å²) in [5, 5.41) is 0. The van der Waals surface area contributed by atoms with E-state index in [0.29, 0.717) is 0 Å². The van der Waals surface area contributed by atoms with Gasteiger partial charge in [-0.1, -0.05) is 48.0 Å². The zero-order chi connectivity index (χ0) is 29.1. The van der Waals surface area contributed by atoms with Crippen molar-refractivity contribution in [3.05, 3.63) is 65.7 Å². The quantitative estimate of drug-likeness (QED) is 0.221. The second kappa shape index (κ2) is 14.4. The Kier molecular flexibility index (Phi) is 11.0. The van der Waals surface area contributed by atoms with Crippen molar-refractivity contribution in [2.24, 2.45) is 10.7 Å². The first-order valence-electron chi connectivity index (χ1n) is 12.9. The molecule has 2 aromatic rings. The number of nitrogens with zero attached hydrogens (tertiary/aromatic N) is 3. The number of amidine groups is 1. The molecule has 0 unspecified atom stereocenters. The van der Waals surface area contributed by atoms with Crippen LogP contribution < -0.4 is 10.5 Å². The summed E-state index contributed by atoms with van der Waals surface area (Å²) in [5.41, 5.74) is 7.74. The van der Waals surface area contributed by atoms with E-state index in [1.54, 1.807) is 19.1 Å². The van der Waals surface area contributed by atoms with Gasteiger partial charge in [0.2, 0.25) is 15.9 Å². The van der Waals surface area contributed by atoms with Gasteiger partial charge in [0.05, 0.1) is 17.3 Å². The lowest BCUT2D eigenvalue weighted by molar-refractivity contribution is -0.153. The highest BCUT2D eigenvalue weighted by Crippen LogP contribution is 2.19. The number of aliphatic imine (C=N–C) groups is 1. The molecule has 2 amide bonds. The maximum atomic E-state index is 13.3. The smallest absolute Gasteiger partial charge is 0.410 e. The molecule has 0 bridgehead atoms. The molecule has 3 N–H and O–H groups in total. The van der Waals surface area contributed by atoms with E-state index in [4.69, 9.17) is 15.2 Å². The van der Waals surface area contributed by atoms with Crippen LogP contribution in [-0.4, -0.2) is 81.0 Å². The van der Waals surface area contributed by atoms with Crippen molar-refractivity contribution in [2.75, 3.05) is 32.9 Å². The molecule has 0 radical (unpaired) electrons. The molecule has 0 aromatic heterocycles. The number of esters is 1. The molecule has 3 rings (SSSR count). The molecule has 1 atom stereocenters. The minimum atomic E-state index is -3.78. The lowest BCUT2D eigenvalue weighted by Crippen LogP contribution is -2.59. The number of benzene rings is 2. The summed E-state index contributed by atoms with van der Waals surface area (Å²) >= 11 is 0. The number of sulfonamides is 1.